The summed E-state index contributed by atoms with van der Waals surface area (Å²) in [5, 5.41) is 38.8. The lowest BCUT2D eigenvalue weighted by molar-refractivity contribution is -0.205. The molecule has 4 fully saturated rings. The maximum Gasteiger partial charge on any atom is 0.240 e. The highest BCUT2D eigenvalue weighted by Gasteiger charge is 2.50. The monoisotopic (exact) mass is 651 g/mol. The van der Waals surface area contributed by atoms with E-state index >= 15 is 0 Å². The molecular weight excluding hydrogens is 599 g/mol. The molecule has 1 aromatic rings. The van der Waals surface area contributed by atoms with Gasteiger partial charge in [0, 0.05) is 29.8 Å². The molecule has 9 nitrogen and oxygen atoms in total. The van der Waals surface area contributed by atoms with E-state index in [4.69, 9.17) is 9.47 Å². The van der Waals surface area contributed by atoms with Crippen molar-refractivity contribution in [3.8, 4) is 0 Å². The molecule has 0 radical (unpaired) electrons. The molecule has 4 saturated heterocycles. The van der Waals surface area contributed by atoms with Gasteiger partial charge in [0.05, 0.1) is 12.1 Å². The Labute approximate surface area is 271 Å². The van der Waals surface area contributed by atoms with E-state index < -0.39 is 41.9 Å². The van der Waals surface area contributed by atoms with Crippen molar-refractivity contribution in [2.75, 3.05) is 32.5 Å². The van der Waals surface area contributed by atoms with E-state index in [2.05, 4.69) is 53.6 Å². The summed E-state index contributed by atoms with van der Waals surface area (Å²) in [5.74, 6) is 1.32. The maximum atomic E-state index is 14.0. The van der Waals surface area contributed by atoms with Crippen LogP contribution in [-0.2, 0) is 20.8 Å². The highest BCUT2D eigenvalue weighted by atomic mass is 32.2. The molecule has 11 atom stereocenters. The quantitative estimate of drug-likeness (QED) is 0.228. The van der Waals surface area contributed by atoms with E-state index in [9.17, 15) is 20.1 Å². The molecule has 5 rings (SSSR count). The second-order valence-electron chi connectivity index (χ2n) is 13.7. The van der Waals surface area contributed by atoms with Crippen LogP contribution in [0.5, 0.6) is 0 Å². The zero-order chi connectivity index (χ0) is 31.4. The first-order valence-corrected chi connectivity index (χ1v) is 18.7. The molecule has 5 N–H and O–H groups in total. The number of carbonyl (C=O) groups is 1. The Bertz CT molecular complexity index is 1060. The molecule has 0 unspecified atom stereocenters. The summed E-state index contributed by atoms with van der Waals surface area (Å²) in [6.45, 7) is 11.2. The van der Waals surface area contributed by atoms with E-state index in [0.29, 0.717) is 18.4 Å². The van der Waals surface area contributed by atoms with E-state index in [1.165, 1.54) is 36.6 Å². The van der Waals surface area contributed by atoms with Gasteiger partial charge in [-0.05, 0) is 86.9 Å². The first kappa shape index (κ1) is 34.4. The van der Waals surface area contributed by atoms with E-state index in [1.807, 2.05) is 6.92 Å². The third-order valence-corrected chi connectivity index (χ3v) is 11.9. The smallest absolute Gasteiger partial charge is 0.240 e. The molecule has 0 bridgehead atoms. The third-order valence-electron chi connectivity index (χ3n) is 9.81. The van der Waals surface area contributed by atoms with Crippen LogP contribution in [0, 0.1) is 17.8 Å². The predicted octanol–water partition coefficient (Wildman–Crippen LogP) is 2.85. The number of nitrogens with zero attached hydrogens (tertiary/aromatic N) is 1. The van der Waals surface area contributed by atoms with Crippen molar-refractivity contribution in [1.29, 1.82) is 0 Å². The van der Waals surface area contributed by atoms with Gasteiger partial charge in [-0.15, -0.1) is 23.5 Å². The van der Waals surface area contributed by atoms with Crippen molar-refractivity contribution >= 4 is 29.4 Å². The molecule has 4 aliphatic rings. The number of ether oxygens (including phenoxy) is 2. The molecular formula is C33H53N3O6S2. The van der Waals surface area contributed by atoms with Gasteiger partial charge in [-0.25, -0.2) is 0 Å². The fourth-order valence-corrected chi connectivity index (χ4v) is 9.29. The van der Waals surface area contributed by atoms with Gasteiger partial charge >= 0.3 is 0 Å². The van der Waals surface area contributed by atoms with Crippen molar-refractivity contribution in [3.63, 3.8) is 0 Å². The first-order chi connectivity index (χ1) is 21.1. The number of fused-ring (bicyclic) bond motifs is 1. The minimum absolute atomic E-state index is 0.185. The molecule has 0 aliphatic carbocycles. The Balaban J connectivity index is 1.30. The van der Waals surface area contributed by atoms with Gasteiger partial charge < -0.3 is 35.4 Å². The van der Waals surface area contributed by atoms with Crippen LogP contribution in [0.3, 0.4) is 0 Å². The van der Waals surface area contributed by atoms with E-state index in [0.717, 1.165) is 43.9 Å². The molecule has 1 amide bonds. The number of carbonyl (C=O) groups excluding carboxylic acids is 1. The Kier molecular flexibility index (Phi) is 12.4. The molecule has 11 heteroatoms. The van der Waals surface area contributed by atoms with E-state index in [1.54, 1.807) is 18.0 Å². The SMILES string of the molecule is CS[C@H]1O[C@H]([C@H](NC(=O)[C@H]2NC[C@@H]3C[C@H](CC(C)C)CCO[C@H]32)[C@H](C)Sc2ccc(CN3CCCC3)cc2)[C@H](O)[C@H](O)[C@H]1O. The van der Waals surface area contributed by atoms with Crippen LogP contribution in [0.25, 0.3) is 0 Å². The summed E-state index contributed by atoms with van der Waals surface area (Å²) in [4.78, 5) is 17.5. The second kappa shape index (κ2) is 15.8. The summed E-state index contributed by atoms with van der Waals surface area (Å²) in [6, 6.07) is 7.41. The number of rotatable bonds is 11. The fourth-order valence-electron chi connectivity index (χ4n) is 7.52. The minimum Gasteiger partial charge on any atom is -0.388 e. The fraction of sp³-hybridized carbons (Fsp3) is 0.788. The molecule has 44 heavy (non-hydrogen) atoms. The van der Waals surface area contributed by atoms with Crippen LogP contribution < -0.4 is 10.6 Å². The van der Waals surface area contributed by atoms with Crippen molar-refractivity contribution in [3.05, 3.63) is 29.8 Å². The molecule has 0 aromatic heterocycles. The highest BCUT2D eigenvalue weighted by molar-refractivity contribution is 8.00. The van der Waals surface area contributed by atoms with Crippen molar-refractivity contribution in [2.24, 2.45) is 17.8 Å². The lowest BCUT2D eigenvalue weighted by atomic mass is 9.85. The Morgan fingerprint density at radius 2 is 1.82 bits per heavy atom. The van der Waals surface area contributed by atoms with Crippen LogP contribution >= 0.6 is 23.5 Å². The number of benzene rings is 1. The minimum atomic E-state index is -1.38. The highest BCUT2D eigenvalue weighted by Crippen LogP contribution is 2.36. The van der Waals surface area contributed by atoms with Crippen LogP contribution in [0.2, 0.25) is 0 Å². The lowest BCUT2D eigenvalue weighted by Crippen LogP contribution is -2.65. The van der Waals surface area contributed by atoms with Crippen LogP contribution in [0.4, 0.5) is 0 Å². The Hall–Kier alpha value is -0.890. The average Bonchev–Trinajstić information content (AvgIpc) is 3.61. The van der Waals surface area contributed by atoms with Crippen molar-refractivity contribution in [2.45, 2.75) is 118 Å². The number of nitrogens with one attached hydrogen (secondary N) is 2. The van der Waals surface area contributed by atoms with Crippen LogP contribution in [-0.4, -0.2) is 112 Å². The number of amides is 1. The number of thioether (sulfide) groups is 2. The van der Waals surface area contributed by atoms with Crippen LogP contribution in [0.1, 0.15) is 58.4 Å². The van der Waals surface area contributed by atoms with Crippen molar-refractivity contribution < 1.29 is 29.6 Å². The van der Waals surface area contributed by atoms with Gasteiger partial charge in [0.25, 0.3) is 0 Å². The van der Waals surface area contributed by atoms with Gasteiger partial charge in [-0.1, -0.05) is 32.9 Å². The number of likely N-dealkylation sites (tertiary alicyclic amines) is 1. The van der Waals surface area contributed by atoms with Gasteiger partial charge in [0.2, 0.25) is 5.91 Å². The largest absolute Gasteiger partial charge is 0.388 e. The topological polar surface area (TPSA) is 124 Å². The normalized spacial score (nSPS) is 36.1. The summed E-state index contributed by atoms with van der Waals surface area (Å²) < 4.78 is 12.5. The maximum absolute atomic E-state index is 14.0. The number of hydrogen-bond acceptors (Lipinski definition) is 10. The Morgan fingerprint density at radius 1 is 1.09 bits per heavy atom. The van der Waals surface area contributed by atoms with Gasteiger partial charge in [-0.2, -0.15) is 0 Å². The van der Waals surface area contributed by atoms with Gasteiger partial charge in [0.1, 0.15) is 35.9 Å². The third kappa shape index (κ3) is 8.33. The summed E-state index contributed by atoms with van der Waals surface area (Å²) in [7, 11) is 0. The van der Waals surface area contributed by atoms with Crippen molar-refractivity contribution in [1.82, 2.24) is 15.5 Å². The molecule has 0 saturated carbocycles. The van der Waals surface area contributed by atoms with Gasteiger partial charge in [0.15, 0.2) is 0 Å². The molecule has 1 aromatic carbocycles. The number of aliphatic hydroxyl groups is 3. The second-order valence-corrected chi connectivity index (χ2v) is 16.0. The summed E-state index contributed by atoms with van der Waals surface area (Å²) >= 11 is 2.88. The molecule has 0 spiro atoms. The van der Waals surface area contributed by atoms with Crippen LogP contribution in [0.15, 0.2) is 29.2 Å². The number of hydrogen-bond donors (Lipinski definition) is 5. The zero-order valence-electron chi connectivity index (χ0n) is 26.6. The van der Waals surface area contributed by atoms with Gasteiger partial charge in [-0.3, -0.25) is 9.69 Å². The summed E-state index contributed by atoms with van der Waals surface area (Å²) in [5.41, 5.74) is 0.553. The molecule has 4 heterocycles. The predicted molar refractivity (Wildman–Crippen MR) is 176 cm³/mol. The first-order valence-electron chi connectivity index (χ1n) is 16.5. The average molecular weight is 652 g/mol. The standard InChI is InChI=1S/C33H53N3O6S2/c1-19(2)15-22-11-14-41-30-23(16-22)17-34-26(30)32(40)35-25(31-28(38)27(37)29(39)33(42-31)43-4)20(3)44-24-9-7-21(8-10-24)18-36-12-5-6-13-36/h7-10,19-20,22-23,25-31,33-34,37-39H,5-6,11-18H2,1-4H3,(H,35,40)/t20-,22-,23-,25+,26-,27-,28+,29+,30+,31+,33+/m0/s1. The lowest BCUT2D eigenvalue weighted by Gasteiger charge is -2.44. The zero-order valence-corrected chi connectivity index (χ0v) is 28.3. The van der Waals surface area contributed by atoms with E-state index in [-0.39, 0.29) is 23.2 Å². The molecule has 248 valence electrons. The Morgan fingerprint density at radius 3 is 2.50 bits per heavy atom. The number of aliphatic hydroxyl groups excluding tert-OH is 3. The molecule has 4 aliphatic heterocycles. The summed E-state index contributed by atoms with van der Waals surface area (Å²) in [6.07, 6.45) is 2.47.